The molecular weight excluding hydrogens is 212 g/mol. The first kappa shape index (κ1) is 12.2. The van der Waals surface area contributed by atoms with Gasteiger partial charge < -0.3 is 15.8 Å². The van der Waals surface area contributed by atoms with Gasteiger partial charge in [-0.15, -0.1) is 0 Å². The Morgan fingerprint density at radius 1 is 1.29 bits per heavy atom. The summed E-state index contributed by atoms with van der Waals surface area (Å²) >= 11 is 0. The molecule has 1 aliphatic carbocycles. The minimum atomic E-state index is 0.262. The summed E-state index contributed by atoms with van der Waals surface area (Å²) in [6, 6.07) is 8.73. The van der Waals surface area contributed by atoms with Crippen molar-refractivity contribution in [2.75, 3.05) is 11.9 Å². The molecule has 1 fully saturated rings. The van der Waals surface area contributed by atoms with E-state index in [9.17, 15) is 0 Å². The average Bonchev–Trinajstić information content (AvgIpc) is 2.35. The van der Waals surface area contributed by atoms with Crippen LogP contribution in [0.5, 0.6) is 5.75 Å². The van der Waals surface area contributed by atoms with Crippen molar-refractivity contribution in [2.24, 2.45) is 5.73 Å². The van der Waals surface area contributed by atoms with E-state index in [2.05, 4.69) is 11.4 Å². The third kappa shape index (κ3) is 3.13. The van der Waals surface area contributed by atoms with Crippen molar-refractivity contribution in [2.45, 2.75) is 44.7 Å². The molecule has 0 spiro atoms. The summed E-state index contributed by atoms with van der Waals surface area (Å²) in [6.45, 7) is 2.69. The second-order valence-electron chi connectivity index (χ2n) is 4.63. The topological polar surface area (TPSA) is 47.3 Å². The fourth-order valence-corrected chi connectivity index (χ4v) is 2.41. The number of nitrogens with two attached hydrogens (primary N) is 1. The van der Waals surface area contributed by atoms with Crippen molar-refractivity contribution in [1.29, 1.82) is 0 Å². The van der Waals surface area contributed by atoms with Crippen LogP contribution >= 0.6 is 0 Å². The van der Waals surface area contributed by atoms with Crippen LogP contribution < -0.4 is 15.8 Å². The lowest BCUT2D eigenvalue weighted by Crippen LogP contribution is -2.42. The maximum Gasteiger partial charge on any atom is 0.142 e. The molecule has 1 aliphatic rings. The first-order valence-electron chi connectivity index (χ1n) is 6.55. The molecule has 3 nitrogen and oxygen atoms in total. The molecule has 17 heavy (non-hydrogen) atoms. The molecule has 0 radical (unpaired) electrons. The van der Waals surface area contributed by atoms with Gasteiger partial charge in [0.25, 0.3) is 0 Å². The van der Waals surface area contributed by atoms with E-state index in [1.807, 2.05) is 25.1 Å². The van der Waals surface area contributed by atoms with E-state index in [-0.39, 0.29) is 6.04 Å². The highest BCUT2D eigenvalue weighted by molar-refractivity contribution is 5.57. The predicted molar refractivity (Wildman–Crippen MR) is 71.5 cm³/mol. The zero-order chi connectivity index (χ0) is 12.1. The summed E-state index contributed by atoms with van der Waals surface area (Å²) in [5.74, 6) is 0.924. The van der Waals surface area contributed by atoms with E-state index < -0.39 is 0 Å². The Labute approximate surface area is 103 Å². The SMILES string of the molecule is CCOc1ccccc1N[C@H]1CCCC[C@H]1N. The molecule has 2 atom stereocenters. The quantitative estimate of drug-likeness (QED) is 0.842. The van der Waals surface area contributed by atoms with E-state index in [1.54, 1.807) is 0 Å². The molecule has 3 heteroatoms. The van der Waals surface area contributed by atoms with Crippen LogP contribution in [-0.4, -0.2) is 18.7 Å². The van der Waals surface area contributed by atoms with E-state index in [4.69, 9.17) is 10.5 Å². The number of anilines is 1. The fourth-order valence-electron chi connectivity index (χ4n) is 2.41. The van der Waals surface area contributed by atoms with Gasteiger partial charge in [-0.25, -0.2) is 0 Å². The van der Waals surface area contributed by atoms with Crippen molar-refractivity contribution in [3.8, 4) is 5.75 Å². The molecule has 94 valence electrons. The Hall–Kier alpha value is -1.22. The van der Waals surface area contributed by atoms with Gasteiger partial charge in [0.15, 0.2) is 0 Å². The van der Waals surface area contributed by atoms with Gasteiger partial charge in [0, 0.05) is 12.1 Å². The Kier molecular flexibility index (Phi) is 4.26. The van der Waals surface area contributed by atoms with Gasteiger partial charge in [-0.05, 0) is 31.9 Å². The lowest BCUT2D eigenvalue weighted by atomic mass is 9.91. The van der Waals surface area contributed by atoms with E-state index in [1.165, 1.54) is 12.8 Å². The Morgan fingerprint density at radius 2 is 2.06 bits per heavy atom. The second kappa shape index (κ2) is 5.92. The predicted octanol–water partition coefficient (Wildman–Crippen LogP) is 2.77. The third-order valence-corrected chi connectivity index (χ3v) is 3.35. The highest BCUT2D eigenvalue weighted by Gasteiger charge is 2.22. The zero-order valence-electron chi connectivity index (χ0n) is 10.5. The molecule has 0 saturated heterocycles. The van der Waals surface area contributed by atoms with Crippen LogP contribution in [0.3, 0.4) is 0 Å². The van der Waals surface area contributed by atoms with Crippen LogP contribution in [0.15, 0.2) is 24.3 Å². The van der Waals surface area contributed by atoms with Crippen LogP contribution in [0.25, 0.3) is 0 Å². The van der Waals surface area contributed by atoms with Crippen molar-refractivity contribution >= 4 is 5.69 Å². The van der Waals surface area contributed by atoms with Crippen molar-refractivity contribution in [3.63, 3.8) is 0 Å². The Balaban J connectivity index is 2.06. The van der Waals surface area contributed by atoms with Crippen LogP contribution in [0.4, 0.5) is 5.69 Å². The third-order valence-electron chi connectivity index (χ3n) is 3.35. The van der Waals surface area contributed by atoms with Gasteiger partial charge in [0.2, 0.25) is 0 Å². The van der Waals surface area contributed by atoms with Crippen LogP contribution in [-0.2, 0) is 0 Å². The van der Waals surface area contributed by atoms with E-state index >= 15 is 0 Å². The smallest absolute Gasteiger partial charge is 0.142 e. The Bertz CT molecular complexity index is 354. The molecule has 0 bridgehead atoms. The van der Waals surface area contributed by atoms with Gasteiger partial charge in [0.05, 0.1) is 12.3 Å². The van der Waals surface area contributed by atoms with Gasteiger partial charge in [0.1, 0.15) is 5.75 Å². The number of nitrogens with one attached hydrogen (secondary N) is 1. The number of para-hydroxylation sites is 2. The summed E-state index contributed by atoms with van der Waals surface area (Å²) in [5.41, 5.74) is 7.21. The van der Waals surface area contributed by atoms with Gasteiger partial charge in [-0.3, -0.25) is 0 Å². The van der Waals surface area contributed by atoms with Gasteiger partial charge >= 0.3 is 0 Å². The molecule has 0 amide bonds. The maximum atomic E-state index is 6.15. The summed E-state index contributed by atoms with van der Waals surface area (Å²) in [4.78, 5) is 0. The van der Waals surface area contributed by atoms with Crippen LogP contribution in [0.1, 0.15) is 32.6 Å². The molecule has 1 aromatic rings. The van der Waals surface area contributed by atoms with Crippen molar-refractivity contribution in [3.05, 3.63) is 24.3 Å². The summed E-state index contributed by atoms with van der Waals surface area (Å²) in [7, 11) is 0. The molecule has 1 aromatic carbocycles. The molecule has 0 aromatic heterocycles. The minimum absolute atomic E-state index is 0.262. The van der Waals surface area contributed by atoms with Gasteiger partial charge in [-0.2, -0.15) is 0 Å². The highest BCUT2D eigenvalue weighted by atomic mass is 16.5. The summed E-state index contributed by atoms with van der Waals surface area (Å²) in [6.07, 6.45) is 4.80. The molecule has 0 aliphatic heterocycles. The van der Waals surface area contributed by atoms with E-state index in [0.29, 0.717) is 12.6 Å². The number of ether oxygens (including phenoxy) is 1. The fraction of sp³-hybridized carbons (Fsp3) is 0.571. The number of rotatable bonds is 4. The number of benzene rings is 1. The monoisotopic (exact) mass is 234 g/mol. The maximum absolute atomic E-state index is 6.15. The second-order valence-corrected chi connectivity index (χ2v) is 4.63. The highest BCUT2D eigenvalue weighted by Crippen LogP contribution is 2.27. The lowest BCUT2D eigenvalue weighted by molar-refractivity contribution is 0.340. The lowest BCUT2D eigenvalue weighted by Gasteiger charge is -2.30. The summed E-state index contributed by atoms with van der Waals surface area (Å²) < 4.78 is 5.61. The first-order valence-corrected chi connectivity index (χ1v) is 6.55. The molecule has 0 unspecified atom stereocenters. The number of hydrogen-bond acceptors (Lipinski definition) is 3. The van der Waals surface area contributed by atoms with Crippen molar-refractivity contribution in [1.82, 2.24) is 0 Å². The van der Waals surface area contributed by atoms with Crippen LogP contribution in [0.2, 0.25) is 0 Å². The molecular formula is C14H22N2O. The molecule has 3 N–H and O–H groups in total. The largest absolute Gasteiger partial charge is 0.492 e. The van der Waals surface area contributed by atoms with E-state index in [0.717, 1.165) is 24.3 Å². The summed E-state index contributed by atoms with van der Waals surface area (Å²) in [5, 5.41) is 3.53. The average molecular weight is 234 g/mol. The minimum Gasteiger partial charge on any atom is -0.492 e. The van der Waals surface area contributed by atoms with Gasteiger partial charge in [-0.1, -0.05) is 25.0 Å². The Morgan fingerprint density at radius 3 is 2.82 bits per heavy atom. The van der Waals surface area contributed by atoms with Crippen LogP contribution in [0, 0.1) is 0 Å². The molecule has 0 heterocycles. The molecule has 1 saturated carbocycles. The standard InChI is InChI=1S/C14H22N2O/c1-2-17-14-10-6-5-9-13(14)16-12-8-4-3-7-11(12)15/h5-6,9-12,16H,2-4,7-8,15H2,1H3/t11-,12+/m1/s1. The van der Waals surface area contributed by atoms with Crippen molar-refractivity contribution < 1.29 is 4.74 Å². The zero-order valence-corrected chi connectivity index (χ0v) is 10.5. The first-order chi connectivity index (χ1) is 8.31. The molecule has 2 rings (SSSR count). The normalized spacial score (nSPS) is 24.4. The number of hydrogen-bond donors (Lipinski definition) is 2.